The van der Waals surface area contributed by atoms with Gasteiger partial charge in [0, 0.05) is 12.6 Å². The number of allylic oxidation sites excluding steroid dienone is 2. The van der Waals surface area contributed by atoms with Gasteiger partial charge in [-0.1, -0.05) is 41.9 Å². The normalized spacial score (nSPS) is 11.6. The molecule has 0 radical (unpaired) electrons. The molecule has 154 valence electrons. The molecular formula is C24H19ClN4O2. The summed E-state index contributed by atoms with van der Waals surface area (Å²) in [6, 6.07) is 15.1. The second-order valence-electron chi connectivity index (χ2n) is 6.85. The van der Waals surface area contributed by atoms with Crippen molar-refractivity contribution in [2.24, 2.45) is 7.05 Å². The lowest BCUT2D eigenvalue weighted by Crippen LogP contribution is -1.91. The maximum atomic E-state index is 12.2. The van der Waals surface area contributed by atoms with Gasteiger partial charge >= 0.3 is 0 Å². The van der Waals surface area contributed by atoms with Crippen LogP contribution in [0.5, 0.6) is 11.6 Å². The van der Waals surface area contributed by atoms with Crippen molar-refractivity contribution in [3.05, 3.63) is 89.0 Å². The SMILES string of the molecule is Cc1nn(C)c(Cl)c1/C=C/C(=O)/C=C/c1ccc(Oc2ncnc3ccccc23)cc1. The Kier molecular flexibility index (Phi) is 5.91. The van der Waals surface area contributed by atoms with E-state index in [-0.39, 0.29) is 5.78 Å². The van der Waals surface area contributed by atoms with Crippen LogP contribution in [0.3, 0.4) is 0 Å². The topological polar surface area (TPSA) is 69.9 Å². The molecule has 2 aromatic carbocycles. The maximum Gasteiger partial charge on any atom is 0.230 e. The van der Waals surface area contributed by atoms with E-state index in [0.29, 0.717) is 16.8 Å². The Bertz CT molecular complexity index is 1300. The minimum Gasteiger partial charge on any atom is -0.438 e. The molecule has 0 spiro atoms. The minimum absolute atomic E-state index is 0.146. The molecule has 4 aromatic rings. The standard InChI is InChI=1S/C24H19ClN4O2/c1-16-20(23(25)29(2)28-16)14-11-18(30)10-7-17-8-12-19(13-9-17)31-24-21-5-3-4-6-22(21)26-15-27-24/h3-15H,1-2H3/b10-7+,14-11+. The van der Waals surface area contributed by atoms with Gasteiger partial charge in [0.25, 0.3) is 0 Å². The fraction of sp³-hybridized carbons (Fsp3) is 0.0833. The number of aromatic nitrogens is 4. The van der Waals surface area contributed by atoms with Crippen LogP contribution >= 0.6 is 11.6 Å². The maximum absolute atomic E-state index is 12.2. The summed E-state index contributed by atoms with van der Waals surface area (Å²) in [6.07, 6.45) is 7.89. The van der Waals surface area contributed by atoms with Gasteiger partial charge in [-0.15, -0.1) is 0 Å². The van der Waals surface area contributed by atoms with Crippen molar-refractivity contribution in [1.29, 1.82) is 0 Å². The molecule has 7 heteroatoms. The predicted octanol–water partition coefficient (Wildman–Crippen LogP) is 5.41. The number of para-hydroxylation sites is 1. The van der Waals surface area contributed by atoms with Gasteiger partial charge in [0.1, 0.15) is 17.2 Å². The van der Waals surface area contributed by atoms with Crippen LogP contribution < -0.4 is 4.74 Å². The van der Waals surface area contributed by atoms with E-state index in [0.717, 1.165) is 27.7 Å². The molecule has 4 rings (SSSR count). The van der Waals surface area contributed by atoms with Gasteiger partial charge in [-0.05, 0) is 55.0 Å². The van der Waals surface area contributed by atoms with E-state index in [1.807, 2.05) is 55.5 Å². The molecule has 2 aromatic heterocycles. The summed E-state index contributed by atoms with van der Waals surface area (Å²) in [5.41, 5.74) is 3.20. The quantitative estimate of drug-likeness (QED) is 0.382. The molecule has 0 N–H and O–H groups in total. The molecule has 0 saturated heterocycles. The van der Waals surface area contributed by atoms with Crippen LogP contribution in [0.25, 0.3) is 23.1 Å². The number of ether oxygens (including phenoxy) is 1. The highest BCUT2D eigenvalue weighted by molar-refractivity contribution is 6.31. The Labute approximate surface area is 184 Å². The fourth-order valence-corrected chi connectivity index (χ4v) is 3.29. The van der Waals surface area contributed by atoms with E-state index in [4.69, 9.17) is 16.3 Å². The van der Waals surface area contributed by atoms with E-state index >= 15 is 0 Å². The summed E-state index contributed by atoms with van der Waals surface area (Å²) in [6.45, 7) is 1.85. The van der Waals surface area contributed by atoms with Crippen molar-refractivity contribution in [2.45, 2.75) is 6.92 Å². The Hall–Kier alpha value is -3.77. The summed E-state index contributed by atoms with van der Waals surface area (Å²) in [5.74, 6) is 1.000. The molecule has 0 atom stereocenters. The van der Waals surface area contributed by atoms with E-state index in [9.17, 15) is 4.79 Å². The van der Waals surface area contributed by atoms with Crippen LogP contribution in [0, 0.1) is 6.92 Å². The summed E-state index contributed by atoms with van der Waals surface area (Å²) in [5, 5.41) is 5.56. The molecule has 0 amide bonds. The zero-order chi connectivity index (χ0) is 21.8. The lowest BCUT2D eigenvalue weighted by Gasteiger charge is -2.07. The Morgan fingerprint density at radius 2 is 1.77 bits per heavy atom. The van der Waals surface area contributed by atoms with Crippen molar-refractivity contribution in [3.63, 3.8) is 0 Å². The largest absolute Gasteiger partial charge is 0.438 e. The molecule has 0 aliphatic rings. The molecule has 0 unspecified atom stereocenters. The number of carbonyl (C=O) groups is 1. The van der Waals surface area contributed by atoms with Gasteiger partial charge in [-0.3, -0.25) is 9.48 Å². The first-order valence-corrected chi connectivity index (χ1v) is 9.96. The average molecular weight is 431 g/mol. The Balaban J connectivity index is 1.43. The van der Waals surface area contributed by atoms with Crippen molar-refractivity contribution in [1.82, 2.24) is 19.7 Å². The van der Waals surface area contributed by atoms with Gasteiger partial charge in [0.2, 0.25) is 5.88 Å². The van der Waals surface area contributed by atoms with Crippen LogP contribution in [0.15, 0.2) is 67.0 Å². The zero-order valence-electron chi connectivity index (χ0n) is 17.0. The summed E-state index contributed by atoms with van der Waals surface area (Å²) >= 11 is 6.18. The second-order valence-corrected chi connectivity index (χ2v) is 7.21. The number of rotatable bonds is 6. The first kappa shape index (κ1) is 20.5. The molecular weight excluding hydrogens is 412 g/mol. The molecule has 2 heterocycles. The third-order valence-electron chi connectivity index (χ3n) is 4.65. The molecule has 0 saturated carbocycles. The highest BCUT2D eigenvalue weighted by Crippen LogP contribution is 2.26. The minimum atomic E-state index is -0.146. The number of nitrogens with zero attached hydrogens (tertiary/aromatic N) is 4. The molecule has 0 aliphatic carbocycles. The number of aryl methyl sites for hydroxylation is 2. The first-order chi connectivity index (χ1) is 15.0. The van der Waals surface area contributed by atoms with Gasteiger partial charge in [0.15, 0.2) is 5.78 Å². The van der Waals surface area contributed by atoms with Crippen LogP contribution in [0.2, 0.25) is 5.15 Å². The summed E-state index contributed by atoms with van der Waals surface area (Å²) < 4.78 is 7.48. The molecule has 0 aliphatic heterocycles. The van der Waals surface area contributed by atoms with Gasteiger partial charge in [-0.25, -0.2) is 9.97 Å². The third-order valence-corrected chi connectivity index (χ3v) is 5.10. The summed E-state index contributed by atoms with van der Waals surface area (Å²) in [4.78, 5) is 20.6. The first-order valence-electron chi connectivity index (χ1n) is 9.58. The monoisotopic (exact) mass is 430 g/mol. The highest BCUT2D eigenvalue weighted by atomic mass is 35.5. The van der Waals surface area contributed by atoms with Crippen molar-refractivity contribution >= 4 is 40.4 Å². The zero-order valence-corrected chi connectivity index (χ0v) is 17.7. The van der Waals surface area contributed by atoms with E-state index in [2.05, 4.69) is 15.1 Å². The lowest BCUT2D eigenvalue weighted by atomic mass is 10.1. The predicted molar refractivity (Wildman–Crippen MR) is 122 cm³/mol. The number of hydrogen-bond donors (Lipinski definition) is 0. The van der Waals surface area contributed by atoms with Crippen molar-refractivity contribution in [3.8, 4) is 11.6 Å². The number of halogens is 1. The Morgan fingerprint density at radius 1 is 1.03 bits per heavy atom. The Morgan fingerprint density at radius 3 is 2.52 bits per heavy atom. The smallest absolute Gasteiger partial charge is 0.230 e. The molecule has 31 heavy (non-hydrogen) atoms. The molecule has 6 nitrogen and oxygen atoms in total. The van der Waals surface area contributed by atoms with Crippen molar-refractivity contribution < 1.29 is 9.53 Å². The van der Waals surface area contributed by atoms with E-state index < -0.39 is 0 Å². The van der Waals surface area contributed by atoms with Gasteiger partial charge in [0.05, 0.1) is 16.6 Å². The second kappa shape index (κ2) is 8.93. The van der Waals surface area contributed by atoms with E-state index in [1.54, 1.807) is 23.9 Å². The van der Waals surface area contributed by atoms with Gasteiger partial charge in [-0.2, -0.15) is 5.10 Å². The molecule has 0 bridgehead atoms. The van der Waals surface area contributed by atoms with Crippen LogP contribution in [-0.4, -0.2) is 25.5 Å². The number of hydrogen-bond acceptors (Lipinski definition) is 5. The van der Waals surface area contributed by atoms with Crippen LogP contribution in [0.1, 0.15) is 16.8 Å². The van der Waals surface area contributed by atoms with Crippen LogP contribution in [-0.2, 0) is 11.8 Å². The number of benzene rings is 2. The third kappa shape index (κ3) is 4.70. The molecule has 0 fully saturated rings. The highest BCUT2D eigenvalue weighted by Gasteiger charge is 2.08. The van der Waals surface area contributed by atoms with Crippen LogP contribution in [0.4, 0.5) is 0 Å². The fourth-order valence-electron chi connectivity index (χ4n) is 3.06. The van der Waals surface area contributed by atoms with E-state index in [1.165, 1.54) is 18.5 Å². The van der Waals surface area contributed by atoms with Crippen molar-refractivity contribution in [2.75, 3.05) is 0 Å². The van der Waals surface area contributed by atoms with Gasteiger partial charge < -0.3 is 4.74 Å². The summed E-state index contributed by atoms with van der Waals surface area (Å²) in [7, 11) is 1.76. The lowest BCUT2D eigenvalue weighted by molar-refractivity contribution is -0.110. The average Bonchev–Trinajstić information content (AvgIpc) is 3.03. The number of fused-ring (bicyclic) bond motifs is 1. The number of ketones is 1. The number of carbonyl (C=O) groups excluding carboxylic acids is 1.